The second kappa shape index (κ2) is 4.49. The van der Waals surface area contributed by atoms with Gasteiger partial charge in [-0.05, 0) is 40.6 Å². The predicted molar refractivity (Wildman–Crippen MR) is 61.6 cm³/mol. The van der Waals surface area contributed by atoms with E-state index in [1.54, 1.807) is 11.3 Å². The SMILES string of the molecule is CC1CNC(c2ccsc2)CSC1. The summed E-state index contributed by atoms with van der Waals surface area (Å²) < 4.78 is 0. The lowest BCUT2D eigenvalue weighted by atomic mass is 10.1. The van der Waals surface area contributed by atoms with Crippen LogP contribution in [0, 0.1) is 5.92 Å². The summed E-state index contributed by atoms with van der Waals surface area (Å²) in [5, 5.41) is 8.04. The highest BCUT2D eigenvalue weighted by molar-refractivity contribution is 7.99. The number of nitrogens with one attached hydrogen (secondary N) is 1. The van der Waals surface area contributed by atoms with Crippen LogP contribution in [-0.4, -0.2) is 18.1 Å². The maximum absolute atomic E-state index is 3.62. The topological polar surface area (TPSA) is 12.0 Å². The summed E-state index contributed by atoms with van der Waals surface area (Å²) in [5.74, 6) is 3.34. The Morgan fingerprint density at radius 3 is 3.15 bits per heavy atom. The zero-order valence-electron chi connectivity index (χ0n) is 7.82. The van der Waals surface area contributed by atoms with Crippen LogP contribution in [0.1, 0.15) is 18.5 Å². The summed E-state index contributed by atoms with van der Waals surface area (Å²) in [6.07, 6.45) is 0. The van der Waals surface area contributed by atoms with Crippen LogP contribution in [0.4, 0.5) is 0 Å². The largest absolute Gasteiger partial charge is 0.309 e. The third kappa shape index (κ3) is 2.48. The molecule has 0 aromatic carbocycles. The molecule has 1 fully saturated rings. The Labute approximate surface area is 87.9 Å². The van der Waals surface area contributed by atoms with E-state index in [1.165, 1.54) is 17.1 Å². The van der Waals surface area contributed by atoms with Gasteiger partial charge in [-0.2, -0.15) is 23.1 Å². The molecule has 1 aliphatic heterocycles. The molecule has 2 unspecified atom stereocenters. The molecule has 1 N–H and O–H groups in total. The molecule has 0 spiro atoms. The summed E-state index contributed by atoms with van der Waals surface area (Å²) in [7, 11) is 0. The van der Waals surface area contributed by atoms with E-state index in [2.05, 4.69) is 40.8 Å². The molecule has 2 rings (SSSR count). The molecule has 1 aliphatic rings. The van der Waals surface area contributed by atoms with E-state index in [9.17, 15) is 0 Å². The van der Waals surface area contributed by atoms with Crippen molar-refractivity contribution in [2.24, 2.45) is 5.92 Å². The van der Waals surface area contributed by atoms with Gasteiger partial charge in [-0.25, -0.2) is 0 Å². The molecule has 72 valence electrons. The van der Waals surface area contributed by atoms with Crippen molar-refractivity contribution in [2.75, 3.05) is 18.1 Å². The maximum Gasteiger partial charge on any atom is 0.0420 e. The standard InChI is InChI=1S/C10H15NS2/c1-8-4-11-10(7-13-5-8)9-2-3-12-6-9/h2-3,6,8,10-11H,4-5,7H2,1H3. The Morgan fingerprint density at radius 1 is 1.46 bits per heavy atom. The van der Waals surface area contributed by atoms with E-state index >= 15 is 0 Å². The molecule has 1 nitrogen and oxygen atoms in total. The first-order valence-corrected chi connectivity index (χ1v) is 6.79. The van der Waals surface area contributed by atoms with E-state index in [4.69, 9.17) is 0 Å². The fourth-order valence-electron chi connectivity index (χ4n) is 1.54. The van der Waals surface area contributed by atoms with E-state index in [0.717, 1.165) is 12.5 Å². The van der Waals surface area contributed by atoms with E-state index in [-0.39, 0.29) is 0 Å². The van der Waals surface area contributed by atoms with Gasteiger partial charge in [-0.15, -0.1) is 0 Å². The van der Waals surface area contributed by atoms with Crippen LogP contribution < -0.4 is 5.32 Å². The van der Waals surface area contributed by atoms with E-state index in [1.807, 2.05) is 0 Å². The quantitative estimate of drug-likeness (QED) is 0.770. The van der Waals surface area contributed by atoms with Crippen molar-refractivity contribution in [1.82, 2.24) is 5.32 Å². The summed E-state index contributed by atoms with van der Waals surface area (Å²) in [4.78, 5) is 0. The molecule has 0 saturated carbocycles. The minimum Gasteiger partial charge on any atom is -0.309 e. The van der Waals surface area contributed by atoms with Gasteiger partial charge in [0.2, 0.25) is 0 Å². The first-order chi connectivity index (χ1) is 6.36. The molecule has 0 radical (unpaired) electrons. The van der Waals surface area contributed by atoms with Crippen molar-refractivity contribution in [1.29, 1.82) is 0 Å². The van der Waals surface area contributed by atoms with Gasteiger partial charge in [0, 0.05) is 11.8 Å². The summed E-state index contributed by atoms with van der Waals surface area (Å²) in [5.41, 5.74) is 1.46. The van der Waals surface area contributed by atoms with Crippen molar-refractivity contribution < 1.29 is 0 Å². The Morgan fingerprint density at radius 2 is 2.38 bits per heavy atom. The molecule has 3 heteroatoms. The van der Waals surface area contributed by atoms with Gasteiger partial charge in [-0.1, -0.05) is 6.92 Å². The van der Waals surface area contributed by atoms with Crippen molar-refractivity contribution in [3.8, 4) is 0 Å². The molecule has 2 heterocycles. The number of thioether (sulfide) groups is 1. The average molecular weight is 213 g/mol. The minimum absolute atomic E-state index is 0.584. The Bertz CT molecular complexity index is 245. The summed E-state index contributed by atoms with van der Waals surface area (Å²) >= 11 is 3.86. The van der Waals surface area contributed by atoms with Crippen molar-refractivity contribution in [3.05, 3.63) is 22.4 Å². The maximum atomic E-state index is 3.62. The van der Waals surface area contributed by atoms with Crippen LogP contribution in [0.5, 0.6) is 0 Å². The Hall–Kier alpha value is 0.01000. The number of hydrogen-bond acceptors (Lipinski definition) is 3. The minimum atomic E-state index is 0.584. The lowest BCUT2D eigenvalue weighted by molar-refractivity contribution is 0.518. The van der Waals surface area contributed by atoms with E-state index < -0.39 is 0 Å². The zero-order valence-corrected chi connectivity index (χ0v) is 9.46. The van der Waals surface area contributed by atoms with Crippen LogP contribution in [0.2, 0.25) is 0 Å². The lowest BCUT2D eigenvalue weighted by Crippen LogP contribution is -2.25. The lowest BCUT2D eigenvalue weighted by Gasteiger charge is -2.13. The third-order valence-corrected chi connectivity index (χ3v) is 4.42. The van der Waals surface area contributed by atoms with Crippen LogP contribution in [-0.2, 0) is 0 Å². The van der Waals surface area contributed by atoms with Crippen molar-refractivity contribution in [3.63, 3.8) is 0 Å². The Balaban J connectivity index is 2.00. The van der Waals surface area contributed by atoms with Gasteiger partial charge in [0.05, 0.1) is 0 Å². The highest BCUT2D eigenvalue weighted by Crippen LogP contribution is 2.24. The molecule has 13 heavy (non-hydrogen) atoms. The molecular formula is C10H15NS2. The normalized spacial score (nSPS) is 29.9. The third-order valence-electron chi connectivity index (χ3n) is 2.35. The number of rotatable bonds is 1. The second-order valence-corrected chi connectivity index (χ2v) is 5.52. The van der Waals surface area contributed by atoms with Gasteiger partial charge >= 0.3 is 0 Å². The summed E-state index contributed by atoms with van der Waals surface area (Å²) in [6, 6.07) is 2.82. The number of hydrogen-bond donors (Lipinski definition) is 1. The monoisotopic (exact) mass is 213 g/mol. The summed E-state index contributed by atoms with van der Waals surface area (Å²) in [6.45, 7) is 3.48. The van der Waals surface area contributed by atoms with Gasteiger partial charge < -0.3 is 5.32 Å². The van der Waals surface area contributed by atoms with Crippen LogP contribution in [0.25, 0.3) is 0 Å². The fourth-order valence-corrected chi connectivity index (χ4v) is 3.45. The molecule has 1 saturated heterocycles. The first-order valence-electron chi connectivity index (χ1n) is 4.69. The second-order valence-electron chi connectivity index (χ2n) is 3.66. The highest BCUT2D eigenvalue weighted by Gasteiger charge is 2.16. The van der Waals surface area contributed by atoms with Crippen molar-refractivity contribution in [2.45, 2.75) is 13.0 Å². The molecule has 0 bridgehead atoms. The first kappa shape index (κ1) is 9.56. The van der Waals surface area contributed by atoms with Gasteiger partial charge in [0.1, 0.15) is 0 Å². The van der Waals surface area contributed by atoms with Gasteiger partial charge in [0.25, 0.3) is 0 Å². The van der Waals surface area contributed by atoms with Crippen LogP contribution in [0.15, 0.2) is 16.8 Å². The molecular weight excluding hydrogens is 198 g/mol. The van der Waals surface area contributed by atoms with Crippen LogP contribution >= 0.6 is 23.1 Å². The smallest absolute Gasteiger partial charge is 0.0420 e. The predicted octanol–water partition coefficient (Wildman–Crippen LogP) is 2.76. The van der Waals surface area contributed by atoms with E-state index in [0.29, 0.717) is 6.04 Å². The van der Waals surface area contributed by atoms with Gasteiger partial charge in [0.15, 0.2) is 0 Å². The molecule has 0 aliphatic carbocycles. The van der Waals surface area contributed by atoms with Crippen molar-refractivity contribution >= 4 is 23.1 Å². The molecule has 1 aromatic heterocycles. The van der Waals surface area contributed by atoms with Crippen LogP contribution in [0.3, 0.4) is 0 Å². The molecule has 1 aromatic rings. The highest BCUT2D eigenvalue weighted by atomic mass is 32.2. The average Bonchev–Trinajstić information content (AvgIpc) is 2.56. The number of thiophene rings is 1. The molecule has 0 amide bonds. The zero-order chi connectivity index (χ0) is 9.10. The van der Waals surface area contributed by atoms with Gasteiger partial charge in [-0.3, -0.25) is 0 Å². The molecule has 2 atom stereocenters. The Kier molecular flexibility index (Phi) is 3.30. The fraction of sp³-hybridized carbons (Fsp3) is 0.600.